The van der Waals surface area contributed by atoms with E-state index in [0.29, 0.717) is 0 Å². The van der Waals surface area contributed by atoms with E-state index in [1.54, 1.807) is 6.08 Å². The Morgan fingerprint density at radius 3 is 2.08 bits per heavy atom. The van der Waals surface area contributed by atoms with Gasteiger partial charge >= 0.3 is 0 Å². The molecule has 0 fully saturated rings. The van der Waals surface area contributed by atoms with E-state index in [9.17, 15) is 4.79 Å². The second-order valence-corrected chi connectivity index (χ2v) is 13.5. The number of carbonyl (C=O) groups excluding carboxylic acids is 1. The van der Waals surface area contributed by atoms with Crippen LogP contribution in [0.2, 0.25) is 0 Å². The molecule has 2 aromatic carbocycles. The normalized spacial score (nSPS) is 13.8. The van der Waals surface area contributed by atoms with Gasteiger partial charge in [-0.25, -0.2) is 0 Å². The van der Waals surface area contributed by atoms with Crippen molar-refractivity contribution < 1.29 is 4.79 Å². The molecule has 0 heterocycles. The lowest BCUT2D eigenvalue weighted by Gasteiger charge is -2.25. The lowest BCUT2D eigenvalue weighted by molar-refractivity contribution is 0.104. The molecule has 0 saturated heterocycles. The van der Waals surface area contributed by atoms with Crippen LogP contribution in [0.25, 0.3) is 6.08 Å². The van der Waals surface area contributed by atoms with Gasteiger partial charge in [0.1, 0.15) is 0 Å². The molecule has 0 radical (unpaired) electrons. The van der Waals surface area contributed by atoms with Crippen LogP contribution in [0.3, 0.4) is 0 Å². The van der Waals surface area contributed by atoms with Gasteiger partial charge in [0.15, 0.2) is 5.78 Å². The fourth-order valence-electron chi connectivity index (χ4n) is 4.80. The molecular weight excluding hydrogens is 482 g/mol. The summed E-state index contributed by atoms with van der Waals surface area (Å²) in [5.41, 5.74) is 3.05. The van der Waals surface area contributed by atoms with Crippen molar-refractivity contribution in [2.75, 3.05) is 13.1 Å². The highest BCUT2D eigenvalue weighted by Gasteiger charge is 2.19. The van der Waals surface area contributed by atoms with E-state index in [0.717, 1.165) is 42.6 Å². The number of hydrogen-bond acceptors (Lipinski definition) is 3. The van der Waals surface area contributed by atoms with Crippen LogP contribution in [0.15, 0.2) is 59.5 Å². The SMILES string of the molecule is CCC(C)CCCC(C)CCCC(C)(C)Sc1ccc(/C=C/C(=O)c2ccc(CN(CC)CC)cc2)cc1. The van der Waals surface area contributed by atoms with Crippen LogP contribution in [0.5, 0.6) is 0 Å². The molecule has 0 N–H and O–H groups in total. The molecule has 2 aromatic rings. The van der Waals surface area contributed by atoms with Gasteiger partial charge in [-0.3, -0.25) is 9.69 Å². The van der Waals surface area contributed by atoms with Crippen molar-refractivity contribution in [3.8, 4) is 0 Å². The van der Waals surface area contributed by atoms with Crippen LogP contribution < -0.4 is 0 Å². The first-order valence-electron chi connectivity index (χ1n) is 15.0. The highest BCUT2D eigenvalue weighted by molar-refractivity contribution is 8.00. The summed E-state index contributed by atoms with van der Waals surface area (Å²) in [6.07, 6.45) is 12.9. The third-order valence-electron chi connectivity index (χ3n) is 7.81. The number of hydrogen-bond donors (Lipinski definition) is 0. The highest BCUT2D eigenvalue weighted by atomic mass is 32.2. The maximum Gasteiger partial charge on any atom is 0.185 e. The zero-order valence-electron chi connectivity index (χ0n) is 25.3. The second kappa shape index (κ2) is 17.0. The molecule has 0 aromatic heterocycles. The van der Waals surface area contributed by atoms with Gasteiger partial charge < -0.3 is 0 Å². The zero-order valence-corrected chi connectivity index (χ0v) is 26.1. The maximum atomic E-state index is 12.7. The molecule has 3 heteroatoms. The van der Waals surface area contributed by atoms with Crippen LogP contribution >= 0.6 is 11.8 Å². The summed E-state index contributed by atoms with van der Waals surface area (Å²) in [7, 11) is 0. The Bertz CT molecular complexity index is 956. The Hall–Kier alpha value is -1.84. The Morgan fingerprint density at radius 1 is 0.868 bits per heavy atom. The number of nitrogens with zero attached hydrogens (tertiary/aromatic N) is 1. The van der Waals surface area contributed by atoms with E-state index in [4.69, 9.17) is 0 Å². The van der Waals surface area contributed by atoms with Crippen molar-refractivity contribution in [2.24, 2.45) is 11.8 Å². The summed E-state index contributed by atoms with van der Waals surface area (Å²) in [6, 6.07) is 16.7. The topological polar surface area (TPSA) is 20.3 Å². The van der Waals surface area contributed by atoms with Crippen molar-refractivity contribution in [1.29, 1.82) is 0 Å². The Balaban J connectivity index is 1.79. The molecule has 0 spiro atoms. The van der Waals surface area contributed by atoms with Crippen LogP contribution in [-0.4, -0.2) is 28.5 Å². The number of thioether (sulfide) groups is 1. The van der Waals surface area contributed by atoms with E-state index < -0.39 is 0 Å². The first-order valence-corrected chi connectivity index (χ1v) is 15.8. The maximum absolute atomic E-state index is 12.7. The minimum Gasteiger partial charge on any atom is -0.300 e. The van der Waals surface area contributed by atoms with Crippen molar-refractivity contribution in [3.63, 3.8) is 0 Å². The van der Waals surface area contributed by atoms with Crippen molar-refractivity contribution in [3.05, 3.63) is 71.3 Å². The van der Waals surface area contributed by atoms with Gasteiger partial charge in [0.2, 0.25) is 0 Å². The smallest absolute Gasteiger partial charge is 0.185 e. The molecule has 0 aliphatic carbocycles. The van der Waals surface area contributed by atoms with Gasteiger partial charge in [-0.2, -0.15) is 0 Å². The molecule has 0 aliphatic rings. The summed E-state index contributed by atoms with van der Waals surface area (Å²) < 4.78 is 0.223. The Labute approximate surface area is 238 Å². The van der Waals surface area contributed by atoms with E-state index in [1.807, 2.05) is 30.0 Å². The fourth-order valence-corrected chi connectivity index (χ4v) is 5.96. The lowest BCUT2D eigenvalue weighted by atomic mass is 9.93. The van der Waals surface area contributed by atoms with Crippen molar-refractivity contribution in [1.82, 2.24) is 4.90 Å². The largest absolute Gasteiger partial charge is 0.300 e. The molecular formula is C35H53NOS. The molecule has 0 amide bonds. The summed E-state index contributed by atoms with van der Waals surface area (Å²) in [5, 5.41) is 0. The summed E-state index contributed by atoms with van der Waals surface area (Å²) in [6.45, 7) is 19.2. The summed E-state index contributed by atoms with van der Waals surface area (Å²) in [5.74, 6) is 1.76. The lowest BCUT2D eigenvalue weighted by Crippen LogP contribution is -2.22. The Morgan fingerprint density at radius 2 is 1.47 bits per heavy atom. The molecule has 2 atom stereocenters. The first kappa shape index (κ1) is 32.4. The van der Waals surface area contributed by atoms with Crippen LogP contribution in [0.4, 0.5) is 0 Å². The number of ketones is 1. The monoisotopic (exact) mass is 535 g/mol. The minimum atomic E-state index is 0.0491. The predicted octanol–water partition coefficient (Wildman–Crippen LogP) is 10.3. The molecule has 0 aliphatic heterocycles. The van der Waals surface area contributed by atoms with Gasteiger partial charge in [0, 0.05) is 21.8 Å². The summed E-state index contributed by atoms with van der Waals surface area (Å²) in [4.78, 5) is 16.3. The zero-order chi connectivity index (χ0) is 28.0. The first-order chi connectivity index (χ1) is 18.2. The quantitative estimate of drug-likeness (QED) is 0.108. The third kappa shape index (κ3) is 12.3. The molecule has 210 valence electrons. The molecule has 38 heavy (non-hydrogen) atoms. The van der Waals surface area contributed by atoms with Gasteiger partial charge in [0.05, 0.1) is 0 Å². The highest BCUT2D eigenvalue weighted by Crippen LogP contribution is 2.37. The third-order valence-corrected chi connectivity index (χ3v) is 9.07. The van der Waals surface area contributed by atoms with Crippen molar-refractivity contribution in [2.45, 2.75) is 110 Å². The average Bonchev–Trinajstić information content (AvgIpc) is 2.91. The van der Waals surface area contributed by atoms with Gasteiger partial charge in [-0.05, 0) is 60.7 Å². The molecule has 0 saturated carbocycles. The van der Waals surface area contributed by atoms with E-state index in [1.165, 1.54) is 55.4 Å². The van der Waals surface area contributed by atoms with Crippen LogP contribution in [-0.2, 0) is 6.54 Å². The number of allylic oxidation sites excluding steroid dienone is 1. The van der Waals surface area contributed by atoms with Gasteiger partial charge in [-0.1, -0.05) is 129 Å². The minimum absolute atomic E-state index is 0.0491. The number of benzene rings is 2. The molecule has 0 bridgehead atoms. The number of rotatable bonds is 18. The predicted molar refractivity (Wildman–Crippen MR) is 169 cm³/mol. The molecule has 2 nitrogen and oxygen atoms in total. The average molecular weight is 536 g/mol. The fraction of sp³-hybridized carbons (Fsp3) is 0.571. The standard InChI is InChI=1S/C35H53NOS/c1-8-28(4)13-11-14-29(5)15-12-26-35(6,7)38-33-23-18-30(19-24-33)20-25-34(37)32-21-16-31(17-22-32)27-36(9-2)10-3/h16-25,28-29H,8-15,26-27H2,1-7H3/b25-20+. The molecule has 2 rings (SSSR count). The van der Waals surface area contributed by atoms with Crippen molar-refractivity contribution >= 4 is 23.6 Å². The van der Waals surface area contributed by atoms with E-state index in [-0.39, 0.29) is 10.5 Å². The van der Waals surface area contributed by atoms with Crippen LogP contribution in [0.1, 0.15) is 115 Å². The number of carbonyl (C=O) groups is 1. The Kier molecular flexibility index (Phi) is 14.5. The van der Waals surface area contributed by atoms with Gasteiger partial charge in [-0.15, -0.1) is 11.8 Å². The van der Waals surface area contributed by atoms with Gasteiger partial charge in [0.25, 0.3) is 0 Å². The van der Waals surface area contributed by atoms with Crippen LogP contribution in [0, 0.1) is 11.8 Å². The van der Waals surface area contributed by atoms with E-state index in [2.05, 4.69) is 89.8 Å². The van der Waals surface area contributed by atoms with E-state index >= 15 is 0 Å². The molecule has 2 unspecified atom stereocenters. The second-order valence-electron chi connectivity index (χ2n) is 11.7. The summed E-state index contributed by atoms with van der Waals surface area (Å²) >= 11 is 1.97.